The Morgan fingerprint density at radius 3 is 2.29 bits per heavy atom. The average molecular weight is 243 g/mol. The molecule has 0 heterocycles. The smallest absolute Gasteiger partial charge is 0.328 e. The van der Waals surface area contributed by atoms with E-state index in [4.69, 9.17) is 10.2 Å². The van der Waals surface area contributed by atoms with Crippen molar-refractivity contribution in [1.29, 1.82) is 0 Å². The van der Waals surface area contributed by atoms with Crippen LogP contribution < -0.4 is 5.32 Å². The predicted molar refractivity (Wildman–Crippen MR) is 64.8 cm³/mol. The van der Waals surface area contributed by atoms with Gasteiger partial charge in [0, 0.05) is 19.0 Å². The quantitative estimate of drug-likeness (QED) is 0.464. The van der Waals surface area contributed by atoms with E-state index in [2.05, 4.69) is 5.32 Å². The summed E-state index contributed by atoms with van der Waals surface area (Å²) in [6.07, 6.45) is 2.68. The van der Waals surface area contributed by atoms with Crippen molar-refractivity contribution < 1.29 is 19.8 Å². The summed E-state index contributed by atoms with van der Waals surface area (Å²) < 4.78 is 0. The van der Waals surface area contributed by atoms with E-state index in [1.54, 1.807) is 0 Å². The Bertz CT molecular complexity index is 291. The fraction of sp³-hybridized carbons (Fsp3) is 0.667. The van der Waals surface area contributed by atoms with Gasteiger partial charge in [0.15, 0.2) is 0 Å². The third-order valence-electron chi connectivity index (χ3n) is 2.56. The first-order chi connectivity index (χ1) is 7.73. The molecule has 0 fully saturated rings. The molecule has 3 N–H and O–H groups in total. The molecule has 0 aliphatic carbocycles. The molecule has 0 aliphatic rings. The fourth-order valence-electron chi connectivity index (χ4n) is 1.40. The molecule has 98 valence electrons. The number of aliphatic carboxylic acids is 2. The number of carboxylic acids is 2. The third-order valence-corrected chi connectivity index (χ3v) is 2.56. The average Bonchev–Trinajstić information content (AvgIpc) is 2.12. The van der Waals surface area contributed by atoms with E-state index < -0.39 is 11.9 Å². The fourth-order valence-corrected chi connectivity index (χ4v) is 1.40. The van der Waals surface area contributed by atoms with Crippen LogP contribution in [0.3, 0.4) is 0 Å². The van der Waals surface area contributed by atoms with Crippen LogP contribution in [0.2, 0.25) is 0 Å². The van der Waals surface area contributed by atoms with Crippen molar-refractivity contribution in [2.45, 2.75) is 27.2 Å². The molecule has 0 aliphatic heterocycles. The zero-order valence-electron chi connectivity index (χ0n) is 10.6. The van der Waals surface area contributed by atoms with Crippen molar-refractivity contribution >= 4 is 11.9 Å². The highest BCUT2D eigenvalue weighted by Gasteiger charge is 2.26. The van der Waals surface area contributed by atoms with Crippen molar-refractivity contribution in [3.8, 4) is 0 Å². The SMILES string of the molecule is CC(C)(C)C(CNC/C=C\C(=O)O)CC(=O)O. The summed E-state index contributed by atoms with van der Waals surface area (Å²) in [5, 5.41) is 20.2. The largest absolute Gasteiger partial charge is 0.481 e. The molecule has 1 unspecified atom stereocenters. The van der Waals surface area contributed by atoms with E-state index in [1.807, 2.05) is 20.8 Å². The van der Waals surface area contributed by atoms with Crippen molar-refractivity contribution in [2.75, 3.05) is 13.1 Å². The number of carbonyl (C=O) groups is 2. The Hall–Kier alpha value is -1.36. The highest BCUT2D eigenvalue weighted by atomic mass is 16.4. The second-order valence-corrected chi connectivity index (χ2v) is 5.06. The summed E-state index contributed by atoms with van der Waals surface area (Å²) in [5.41, 5.74) is -0.0953. The topological polar surface area (TPSA) is 86.6 Å². The second kappa shape index (κ2) is 7.06. The maximum Gasteiger partial charge on any atom is 0.328 e. The van der Waals surface area contributed by atoms with Gasteiger partial charge in [0.2, 0.25) is 0 Å². The third kappa shape index (κ3) is 8.45. The molecular weight excluding hydrogens is 222 g/mol. The highest BCUT2D eigenvalue weighted by molar-refractivity contribution is 5.79. The van der Waals surface area contributed by atoms with E-state index in [0.29, 0.717) is 13.1 Å². The normalized spacial score (nSPS) is 13.8. The first-order valence-corrected chi connectivity index (χ1v) is 5.55. The van der Waals surface area contributed by atoms with Crippen LogP contribution in [0.25, 0.3) is 0 Å². The van der Waals surface area contributed by atoms with Gasteiger partial charge in [-0.05, 0) is 17.9 Å². The van der Waals surface area contributed by atoms with Crippen molar-refractivity contribution in [2.24, 2.45) is 11.3 Å². The zero-order chi connectivity index (χ0) is 13.5. The van der Waals surface area contributed by atoms with E-state index >= 15 is 0 Å². The van der Waals surface area contributed by atoms with E-state index in [-0.39, 0.29) is 17.8 Å². The molecular formula is C12H21NO4. The lowest BCUT2D eigenvalue weighted by atomic mass is 9.78. The Balaban J connectivity index is 4.10. The molecule has 5 heteroatoms. The van der Waals surface area contributed by atoms with Gasteiger partial charge in [0.05, 0.1) is 0 Å². The summed E-state index contributed by atoms with van der Waals surface area (Å²) in [6, 6.07) is 0. The van der Waals surface area contributed by atoms with Crippen LogP contribution in [-0.4, -0.2) is 35.2 Å². The number of hydrogen-bond donors (Lipinski definition) is 3. The van der Waals surface area contributed by atoms with Gasteiger partial charge in [0.25, 0.3) is 0 Å². The maximum absolute atomic E-state index is 10.7. The molecule has 17 heavy (non-hydrogen) atoms. The van der Waals surface area contributed by atoms with Gasteiger partial charge in [-0.25, -0.2) is 4.79 Å². The molecule has 0 aromatic carbocycles. The Kier molecular flexibility index (Phi) is 6.50. The molecule has 0 aromatic rings. The Morgan fingerprint density at radius 2 is 1.88 bits per heavy atom. The second-order valence-electron chi connectivity index (χ2n) is 5.06. The summed E-state index contributed by atoms with van der Waals surface area (Å²) in [4.78, 5) is 20.9. The molecule has 0 saturated carbocycles. The van der Waals surface area contributed by atoms with Crippen LogP contribution in [0.4, 0.5) is 0 Å². The minimum atomic E-state index is -0.982. The monoisotopic (exact) mass is 243 g/mol. The molecule has 0 radical (unpaired) electrons. The van der Waals surface area contributed by atoms with Crippen LogP contribution in [0.15, 0.2) is 12.2 Å². The van der Waals surface area contributed by atoms with Crippen LogP contribution in [0.1, 0.15) is 27.2 Å². The van der Waals surface area contributed by atoms with Crippen molar-refractivity contribution in [3.63, 3.8) is 0 Å². The van der Waals surface area contributed by atoms with E-state index in [0.717, 1.165) is 6.08 Å². The Morgan fingerprint density at radius 1 is 1.29 bits per heavy atom. The van der Waals surface area contributed by atoms with Gasteiger partial charge in [-0.2, -0.15) is 0 Å². The van der Waals surface area contributed by atoms with E-state index in [1.165, 1.54) is 6.08 Å². The minimum Gasteiger partial charge on any atom is -0.481 e. The summed E-state index contributed by atoms with van der Waals surface area (Å²) in [7, 11) is 0. The lowest BCUT2D eigenvalue weighted by molar-refractivity contribution is -0.139. The zero-order valence-corrected chi connectivity index (χ0v) is 10.6. The number of nitrogens with one attached hydrogen (secondary N) is 1. The molecule has 0 rings (SSSR count). The van der Waals surface area contributed by atoms with Crippen LogP contribution >= 0.6 is 0 Å². The maximum atomic E-state index is 10.7. The van der Waals surface area contributed by atoms with Gasteiger partial charge in [-0.3, -0.25) is 4.79 Å². The van der Waals surface area contributed by atoms with Gasteiger partial charge in [-0.1, -0.05) is 26.8 Å². The van der Waals surface area contributed by atoms with Gasteiger partial charge < -0.3 is 15.5 Å². The summed E-state index contributed by atoms with van der Waals surface area (Å²) in [5.74, 6) is -1.78. The molecule has 0 saturated heterocycles. The molecule has 5 nitrogen and oxygen atoms in total. The number of hydrogen-bond acceptors (Lipinski definition) is 3. The van der Waals surface area contributed by atoms with Crippen LogP contribution in [0.5, 0.6) is 0 Å². The molecule has 0 amide bonds. The van der Waals surface area contributed by atoms with Gasteiger partial charge in [0.1, 0.15) is 0 Å². The standard InChI is InChI=1S/C12H21NO4/c1-12(2,3)9(7-11(16)17)8-13-6-4-5-10(14)15/h4-5,9,13H,6-8H2,1-3H3,(H,14,15)(H,16,17)/b5-4-. The Labute approximate surface area is 102 Å². The first kappa shape index (κ1) is 15.6. The van der Waals surface area contributed by atoms with Crippen molar-refractivity contribution in [3.05, 3.63) is 12.2 Å². The number of rotatable bonds is 7. The van der Waals surface area contributed by atoms with E-state index in [9.17, 15) is 9.59 Å². The van der Waals surface area contributed by atoms with Gasteiger partial charge in [-0.15, -0.1) is 0 Å². The molecule has 0 aromatic heterocycles. The highest BCUT2D eigenvalue weighted by Crippen LogP contribution is 2.27. The first-order valence-electron chi connectivity index (χ1n) is 5.55. The van der Waals surface area contributed by atoms with Gasteiger partial charge >= 0.3 is 11.9 Å². The van der Waals surface area contributed by atoms with Crippen LogP contribution in [-0.2, 0) is 9.59 Å². The molecule has 0 bridgehead atoms. The summed E-state index contributed by atoms with van der Waals surface area (Å²) >= 11 is 0. The van der Waals surface area contributed by atoms with Crippen LogP contribution in [0, 0.1) is 11.3 Å². The lowest BCUT2D eigenvalue weighted by Gasteiger charge is -2.29. The molecule has 1 atom stereocenters. The molecule has 0 spiro atoms. The lowest BCUT2D eigenvalue weighted by Crippen LogP contribution is -2.33. The van der Waals surface area contributed by atoms with Crippen molar-refractivity contribution in [1.82, 2.24) is 5.32 Å². The number of carboxylic acid groups (broad SMARTS) is 2. The minimum absolute atomic E-state index is 0.0122. The summed E-state index contributed by atoms with van der Waals surface area (Å²) in [6.45, 7) is 6.97. The predicted octanol–water partition coefficient (Wildman–Crippen LogP) is 1.35.